The minimum absolute atomic E-state index is 0.0364. The Kier molecular flexibility index (Phi) is 6.79. The van der Waals surface area contributed by atoms with Gasteiger partial charge in [-0.25, -0.2) is 17.9 Å². The maximum Gasteiger partial charge on any atom is 0.335 e. The van der Waals surface area contributed by atoms with Gasteiger partial charge in [0.15, 0.2) is 0 Å². The van der Waals surface area contributed by atoms with Crippen molar-refractivity contribution in [2.45, 2.75) is 25.2 Å². The van der Waals surface area contributed by atoms with Crippen LogP contribution in [0.4, 0.5) is 0 Å². The highest BCUT2D eigenvalue weighted by atomic mass is 79.9. The van der Waals surface area contributed by atoms with E-state index >= 15 is 0 Å². The fourth-order valence-corrected chi connectivity index (χ4v) is 3.61. The van der Waals surface area contributed by atoms with Gasteiger partial charge in [-0.3, -0.25) is 0 Å². The summed E-state index contributed by atoms with van der Waals surface area (Å²) >= 11 is 3.18. The summed E-state index contributed by atoms with van der Waals surface area (Å²) in [5.74, 6) is -1.18. The Labute approximate surface area is 132 Å². The van der Waals surface area contributed by atoms with Crippen LogP contribution in [0.25, 0.3) is 0 Å². The van der Waals surface area contributed by atoms with Crippen molar-refractivity contribution in [2.24, 2.45) is 0 Å². The second kappa shape index (κ2) is 7.88. The molecule has 8 heteroatoms. The standard InChI is InChI=1S/C13H18BrNO5S/c1-3-20-6-4-5-15-21(18,19)12-8-10(13(16)17)7-11(14)9(12)2/h7-8,15H,3-6H2,1-2H3,(H,16,17). The number of hydrogen-bond donors (Lipinski definition) is 2. The van der Waals surface area contributed by atoms with Gasteiger partial charge in [-0.2, -0.15) is 0 Å². The molecule has 0 aromatic heterocycles. The molecule has 0 atom stereocenters. The summed E-state index contributed by atoms with van der Waals surface area (Å²) in [5, 5.41) is 9.01. The SMILES string of the molecule is CCOCCCNS(=O)(=O)c1cc(C(=O)O)cc(Br)c1C. The zero-order valence-corrected chi connectivity index (χ0v) is 14.3. The number of hydrogen-bond acceptors (Lipinski definition) is 4. The molecule has 2 N–H and O–H groups in total. The summed E-state index contributed by atoms with van der Waals surface area (Å²) < 4.78 is 32.5. The lowest BCUT2D eigenvalue weighted by Gasteiger charge is -2.11. The molecule has 0 unspecified atom stereocenters. The molecule has 0 saturated heterocycles. The van der Waals surface area contributed by atoms with E-state index in [1.54, 1.807) is 6.92 Å². The molecule has 0 fully saturated rings. The Balaban J connectivity index is 2.94. The van der Waals surface area contributed by atoms with E-state index in [0.29, 0.717) is 29.7 Å². The Morgan fingerprint density at radius 3 is 2.67 bits per heavy atom. The number of sulfonamides is 1. The van der Waals surface area contributed by atoms with Gasteiger partial charge in [0, 0.05) is 24.2 Å². The molecule has 1 aromatic rings. The monoisotopic (exact) mass is 379 g/mol. The minimum atomic E-state index is -3.76. The molecule has 0 spiro atoms. The second-order valence-electron chi connectivity index (χ2n) is 4.33. The van der Waals surface area contributed by atoms with Crippen LogP contribution in [0.1, 0.15) is 29.3 Å². The van der Waals surface area contributed by atoms with Gasteiger partial charge in [0.1, 0.15) is 0 Å². The zero-order valence-electron chi connectivity index (χ0n) is 11.8. The number of rotatable bonds is 8. The average molecular weight is 380 g/mol. The number of carboxylic acids is 1. The van der Waals surface area contributed by atoms with Crippen LogP contribution in [0, 0.1) is 6.92 Å². The second-order valence-corrected chi connectivity index (χ2v) is 6.92. The third-order valence-electron chi connectivity index (χ3n) is 2.79. The molecule has 1 rings (SSSR count). The van der Waals surface area contributed by atoms with E-state index in [0.717, 1.165) is 6.07 Å². The highest BCUT2D eigenvalue weighted by Crippen LogP contribution is 2.25. The van der Waals surface area contributed by atoms with Crippen molar-refractivity contribution < 1.29 is 23.1 Å². The van der Waals surface area contributed by atoms with Crippen molar-refractivity contribution in [1.82, 2.24) is 4.72 Å². The molecule has 0 radical (unpaired) electrons. The van der Waals surface area contributed by atoms with Crippen molar-refractivity contribution in [2.75, 3.05) is 19.8 Å². The van der Waals surface area contributed by atoms with E-state index in [1.807, 2.05) is 6.92 Å². The zero-order chi connectivity index (χ0) is 16.0. The molecule has 0 amide bonds. The normalized spacial score (nSPS) is 11.6. The van der Waals surface area contributed by atoms with Crippen molar-refractivity contribution in [3.8, 4) is 0 Å². The third-order valence-corrected chi connectivity index (χ3v) is 5.21. The number of carbonyl (C=O) groups is 1. The Morgan fingerprint density at radius 1 is 1.43 bits per heavy atom. The summed E-state index contributed by atoms with van der Waals surface area (Å²) in [5.41, 5.74) is 0.388. The lowest BCUT2D eigenvalue weighted by atomic mass is 10.1. The fraction of sp³-hybridized carbons (Fsp3) is 0.462. The first kappa shape index (κ1) is 18.1. The van der Waals surface area contributed by atoms with Crippen LogP contribution in [0.2, 0.25) is 0 Å². The van der Waals surface area contributed by atoms with Gasteiger partial charge in [0.2, 0.25) is 10.0 Å². The Bertz CT molecular complexity index is 615. The molecule has 0 aliphatic carbocycles. The van der Waals surface area contributed by atoms with Crippen LogP contribution in [0.15, 0.2) is 21.5 Å². The maximum atomic E-state index is 12.2. The van der Waals surface area contributed by atoms with E-state index in [-0.39, 0.29) is 17.0 Å². The third kappa shape index (κ3) is 5.06. The first-order chi connectivity index (χ1) is 9.79. The van der Waals surface area contributed by atoms with Crippen molar-refractivity contribution in [3.63, 3.8) is 0 Å². The summed E-state index contributed by atoms with van der Waals surface area (Å²) in [7, 11) is -3.76. The van der Waals surface area contributed by atoms with Crippen LogP contribution in [0.5, 0.6) is 0 Å². The summed E-state index contributed by atoms with van der Waals surface area (Å²) in [6.07, 6.45) is 0.548. The first-order valence-corrected chi connectivity index (χ1v) is 8.68. The number of ether oxygens (including phenoxy) is 1. The summed E-state index contributed by atoms with van der Waals surface area (Å²) in [6.45, 7) is 4.76. The van der Waals surface area contributed by atoms with Gasteiger partial charge in [0.05, 0.1) is 10.5 Å². The van der Waals surface area contributed by atoms with Gasteiger partial charge in [-0.05, 0) is 38.0 Å². The van der Waals surface area contributed by atoms with Crippen LogP contribution < -0.4 is 4.72 Å². The van der Waals surface area contributed by atoms with Crippen molar-refractivity contribution >= 4 is 31.9 Å². The van der Waals surface area contributed by atoms with Crippen LogP contribution in [0.3, 0.4) is 0 Å². The van der Waals surface area contributed by atoms with Crippen LogP contribution in [-0.4, -0.2) is 39.3 Å². The molecule has 0 aliphatic rings. The van der Waals surface area contributed by atoms with Crippen LogP contribution >= 0.6 is 15.9 Å². The van der Waals surface area contributed by atoms with E-state index in [4.69, 9.17) is 9.84 Å². The largest absolute Gasteiger partial charge is 0.478 e. The lowest BCUT2D eigenvalue weighted by molar-refractivity contribution is 0.0696. The smallest absolute Gasteiger partial charge is 0.335 e. The lowest BCUT2D eigenvalue weighted by Crippen LogP contribution is -2.26. The van der Waals surface area contributed by atoms with E-state index in [2.05, 4.69) is 20.7 Å². The van der Waals surface area contributed by atoms with Gasteiger partial charge in [0.25, 0.3) is 0 Å². The molecule has 0 heterocycles. The van der Waals surface area contributed by atoms with E-state index in [1.165, 1.54) is 6.07 Å². The molecule has 118 valence electrons. The van der Waals surface area contributed by atoms with Crippen LogP contribution in [-0.2, 0) is 14.8 Å². The van der Waals surface area contributed by atoms with E-state index < -0.39 is 16.0 Å². The molecular formula is C13H18BrNO5S. The quantitative estimate of drug-likeness (QED) is 0.675. The van der Waals surface area contributed by atoms with E-state index in [9.17, 15) is 13.2 Å². The molecule has 0 aliphatic heterocycles. The number of benzene rings is 1. The summed E-state index contributed by atoms with van der Waals surface area (Å²) in [6, 6.07) is 2.54. The topological polar surface area (TPSA) is 92.7 Å². The maximum absolute atomic E-state index is 12.2. The van der Waals surface area contributed by atoms with Crippen molar-refractivity contribution in [3.05, 3.63) is 27.7 Å². The molecule has 0 bridgehead atoms. The highest BCUT2D eigenvalue weighted by Gasteiger charge is 2.20. The number of halogens is 1. The molecule has 21 heavy (non-hydrogen) atoms. The van der Waals surface area contributed by atoms with Gasteiger partial charge < -0.3 is 9.84 Å². The molecule has 6 nitrogen and oxygen atoms in total. The fourth-order valence-electron chi connectivity index (χ4n) is 1.66. The highest BCUT2D eigenvalue weighted by molar-refractivity contribution is 9.10. The van der Waals surface area contributed by atoms with Gasteiger partial charge in [-0.1, -0.05) is 15.9 Å². The number of aromatic carboxylic acids is 1. The van der Waals surface area contributed by atoms with Gasteiger partial charge in [-0.15, -0.1) is 0 Å². The Hall–Kier alpha value is -0.960. The van der Waals surface area contributed by atoms with Gasteiger partial charge >= 0.3 is 5.97 Å². The predicted octanol–water partition coefficient (Wildman–Crippen LogP) is 2.16. The minimum Gasteiger partial charge on any atom is -0.478 e. The molecule has 1 aromatic carbocycles. The molecular weight excluding hydrogens is 362 g/mol. The Morgan fingerprint density at radius 2 is 2.10 bits per heavy atom. The number of carboxylic acid groups (broad SMARTS) is 1. The number of nitrogens with one attached hydrogen (secondary N) is 1. The predicted molar refractivity (Wildman–Crippen MR) is 82.1 cm³/mol. The van der Waals surface area contributed by atoms with Crippen molar-refractivity contribution in [1.29, 1.82) is 0 Å². The molecule has 0 saturated carbocycles. The first-order valence-electron chi connectivity index (χ1n) is 6.40. The summed E-state index contributed by atoms with van der Waals surface area (Å²) in [4.78, 5) is 11.0. The average Bonchev–Trinajstić information content (AvgIpc) is 2.40.